The molecule has 1 fully saturated rings. The highest BCUT2D eigenvalue weighted by atomic mass is 35.5. The van der Waals surface area contributed by atoms with E-state index in [1.807, 2.05) is 18.2 Å². The Balaban J connectivity index is 1.92. The quantitative estimate of drug-likeness (QED) is 0.732. The standard InChI is InChI=1S/C16H23ClO3/c1-18-15-9-6-12(11-16(15)19-2)14(17)8-7-13-5-3-4-10-20-13/h6,9,11,13-14H,3-5,7-8,10H2,1-2H3. The maximum absolute atomic E-state index is 6.50. The Labute approximate surface area is 126 Å². The molecule has 0 saturated carbocycles. The largest absolute Gasteiger partial charge is 0.493 e. The molecular weight excluding hydrogens is 276 g/mol. The minimum atomic E-state index is -0.0136. The lowest BCUT2D eigenvalue weighted by molar-refractivity contribution is 0.0100. The van der Waals surface area contributed by atoms with E-state index < -0.39 is 0 Å². The summed E-state index contributed by atoms with van der Waals surface area (Å²) < 4.78 is 16.3. The molecule has 2 unspecified atom stereocenters. The molecule has 1 saturated heterocycles. The molecule has 1 aliphatic rings. The van der Waals surface area contributed by atoms with Gasteiger partial charge < -0.3 is 14.2 Å². The normalized spacial score (nSPS) is 20.4. The lowest BCUT2D eigenvalue weighted by atomic mass is 10.0. The Kier molecular flexibility index (Phi) is 5.99. The summed E-state index contributed by atoms with van der Waals surface area (Å²) in [5.41, 5.74) is 1.07. The van der Waals surface area contributed by atoms with Crippen LogP contribution < -0.4 is 9.47 Å². The van der Waals surface area contributed by atoms with Gasteiger partial charge in [0.25, 0.3) is 0 Å². The zero-order chi connectivity index (χ0) is 14.4. The number of methoxy groups -OCH3 is 2. The second kappa shape index (κ2) is 7.75. The van der Waals surface area contributed by atoms with E-state index in [-0.39, 0.29) is 5.38 Å². The van der Waals surface area contributed by atoms with Gasteiger partial charge in [-0.3, -0.25) is 0 Å². The van der Waals surface area contributed by atoms with Crippen LogP contribution in [0.2, 0.25) is 0 Å². The topological polar surface area (TPSA) is 27.7 Å². The summed E-state index contributed by atoms with van der Waals surface area (Å²) in [4.78, 5) is 0. The fourth-order valence-corrected chi connectivity index (χ4v) is 2.84. The lowest BCUT2D eigenvalue weighted by Gasteiger charge is -2.23. The zero-order valence-corrected chi connectivity index (χ0v) is 13.0. The molecule has 0 N–H and O–H groups in total. The number of hydrogen-bond donors (Lipinski definition) is 0. The number of benzene rings is 1. The molecular formula is C16H23ClO3. The van der Waals surface area contributed by atoms with Crippen LogP contribution in [0.4, 0.5) is 0 Å². The Bertz CT molecular complexity index is 416. The SMILES string of the molecule is COc1ccc(C(Cl)CCC2CCCCO2)cc1OC. The molecule has 0 bridgehead atoms. The van der Waals surface area contributed by atoms with E-state index in [1.54, 1.807) is 14.2 Å². The summed E-state index contributed by atoms with van der Waals surface area (Å²) in [6, 6.07) is 5.86. The Morgan fingerprint density at radius 1 is 1.25 bits per heavy atom. The van der Waals surface area contributed by atoms with Crippen molar-refractivity contribution >= 4 is 11.6 Å². The van der Waals surface area contributed by atoms with Crippen molar-refractivity contribution in [2.75, 3.05) is 20.8 Å². The molecule has 112 valence electrons. The van der Waals surface area contributed by atoms with E-state index in [0.29, 0.717) is 6.10 Å². The molecule has 1 aromatic carbocycles. The van der Waals surface area contributed by atoms with Crippen LogP contribution in [0.25, 0.3) is 0 Å². The summed E-state index contributed by atoms with van der Waals surface area (Å²) in [6.45, 7) is 0.897. The first kappa shape index (κ1) is 15.5. The first-order valence-electron chi connectivity index (χ1n) is 7.22. The highest BCUT2D eigenvalue weighted by Gasteiger charge is 2.17. The average Bonchev–Trinajstić information content (AvgIpc) is 2.52. The second-order valence-corrected chi connectivity index (χ2v) is 5.67. The number of rotatable bonds is 6. The number of hydrogen-bond acceptors (Lipinski definition) is 3. The van der Waals surface area contributed by atoms with Gasteiger partial charge >= 0.3 is 0 Å². The lowest BCUT2D eigenvalue weighted by Crippen LogP contribution is -2.19. The predicted octanol–water partition coefficient (Wildman–Crippen LogP) is 4.33. The number of halogens is 1. The molecule has 1 aromatic rings. The summed E-state index contributed by atoms with van der Waals surface area (Å²) in [5.74, 6) is 1.46. The van der Waals surface area contributed by atoms with Crippen molar-refractivity contribution in [3.63, 3.8) is 0 Å². The van der Waals surface area contributed by atoms with Gasteiger partial charge in [0.05, 0.1) is 25.7 Å². The summed E-state index contributed by atoms with van der Waals surface area (Å²) in [7, 11) is 3.27. The maximum atomic E-state index is 6.50. The monoisotopic (exact) mass is 298 g/mol. The third kappa shape index (κ3) is 4.03. The van der Waals surface area contributed by atoms with E-state index in [4.69, 9.17) is 25.8 Å². The van der Waals surface area contributed by atoms with E-state index in [0.717, 1.165) is 42.9 Å². The highest BCUT2D eigenvalue weighted by Crippen LogP contribution is 2.34. The summed E-state index contributed by atoms with van der Waals surface area (Å²) >= 11 is 6.50. The molecule has 2 rings (SSSR count). The van der Waals surface area contributed by atoms with Crippen LogP contribution in [-0.4, -0.2) is 26.9 Å². The summed E-state index contributed by atoms with van der Waals surface area (Å²) in [5, 5.41) is -0.0136. The molecule has 0 spiro atoms. The van der Waals surface area contributed by atoms with Gasteiger partial charge in [-0.05, 0) is 49.8 Å². The van der Waals surface area contributed by atoms with E-state index in [1.165, 1.54) is 12.8 Å². The zero-order valence-electron chi connectivity index (χ0n) is 12.2. The van der Waals surface area contributed by atoms with Crippen LogP contribution in [-0.2, 0) is 4.74 Å². The highest BCUT2D eigenvalue weighted by molar-refractivity contribution is 6.20. The minimum Gasteiger partial charge on any atom is -0.493 e. The Morgan fingerprint density at radius 2 is 2.05 bits per heavy atom. The van der Waals surface area contributed by atoms with Crippen LogP contribution in [0.15, 0.2) is 18.2 Å². The van der Waals surface area contributed by atoms with Gasteiger partial charge in [0.1, 0.15) is 0 Å². The van der Waals surface area contributed by atoms with Crippen LogP contribution >= 0.6 is 11.6 Å². The van der Waals surface area contributed by atoms with Crippen molar-refractivity contribution in [3.05, 3.63) is 23.8 Å². The molecule has 1 aliphatic heterocycles. The van der Waals surface area contributed by atoms with Crippen molar-refractivity contribution < 1.29 is 14.2 Å². The molecule has 3 nitrogen and oxygen atoms in total. The van der Waals surface area contributed by atoms with Gasteiger partial charge in [-0.15, -0.1) is 11.6 Å². The van der Waals surface area contributed by atoms with Crippen molar-refractivity contribution in [2.45, 2.75) is 43.6 Å². The summed E-state index contributed by atoms with van der Waals surface area (Å²) in [6.07, 6.45) is 5.94. The van der Waals surface area contributed by atoms with Gasteiger partial charge in [0, 0.05) is 6.61 Å². The third-order valence-electron chi connectivity index (χ3n) is 3.79. The molecule has 0 aliphatic carbocycles. The van der Waals surface area contributed by atoms with Gasteiger partial charge in [-0.25, -0.2) is 0 Å². The number of ether oxygens (including phenoxy) is 3. The molecule has 0 radical (unpaired) electrons. The molecule has 2 atom stereocenters. The molecule has 1 heterocycles. The molecule has 0 aromatic heterocycles. The van der Waals surface area contributed by atoms with Crippen LogP contribution in [0.3, 0.4) is 0 Å². The van der Waals surface area contributed by atoms with E-state index in [2.05, 4.69) is 0 Å². The van der Waals surface area contributed by atoms with Crippen molar-refractivity contribution in [1.82, 2.24) is 0 Å². The van der Waals surface area contributed by atoms with Crippen LogP contribution in [0, 0.1) is 0 Å². The fourth-order valence-electron chi connectivity index (χ4n) is 2.58. The molecule has 20 heavy (non-hydrogen) atoms. The Morgan fingerprint density at radius 3 is 2.70 bits per heavy atom. The fraction of sp³-hybridized carbons (Fsp3) is 0.625. The molecule has 0 amide bonds. The van der Waals surface area contributed by atoms with Crippen LogP contribution in [0.1, 0.15) is 43.0 Å². The van der Waals surface area contributed by atoms with Crippen LogP contribution in [0.5, 0.6) is 11.5 Å². The first-order valence-corrected chi connectivity index (χ1v) is 7.66. The number of alkyl halides is 1. The van der Waals surface area contributed by atoms with Gasteiger partial charge in [0.15, 0.2) is 11.5 Å². The average molecular weight is 299 g/mol. The minimum absolute atomic E-state index is 0.0136. The van der Waals surface area contributed by atoms with Crippen molar-refractivity contribution in [2.24, 2.45) is 0 Å². The van der Waals surface area contributed by atoms with E-state index in [9.17, 15) is 0 Å². The van der Waals surface area contributed by atoms with Gasteiger partial charge in [-0.1, -0.05) is 6.07 Å². The van der Waals surface area contributed by atoms with Crippen molar-refractivity contribution in [3.8, 4) is 11.5 Å². The third-order valence-corrected chi connectivity index (χ3v) is 4.26. The van der Waals surface area contributed by atoms with Gasteiger partial charge in [-0.2, -0.15) is 0 Å². The Hall–Kier alpha value is -0.930. The van der Waals surface area contributed by atoms with Crippen molar-refractivity contribution in [1.29, 1.82) is 0 Å². The first-order chi connectivity index (χ1) is 9.74. The van der Waals surface area contributed by atoms with Gasteiger partial charge in [0.2, 0.25) is 0 Å². The van der Waals surface area contributed by atoms with E-state index >= 15 is 0 Å². The second-order valence-electron chi connectivity index (χ2n) is 5.15. The molecule has 4 heteroatoms. The predicted molar refractivity (Wildman–Crippen MR) is 81.0 cm³/mol. The smallest absolute Gasteiger partial charge is 0.161 e. The maximum Gasteiger partial charge on any atom is 0.161 e.